The van der Waals surface area contributed by atoms with E-state index in [1.165, 1.54) is 5.56 Å². The molecule has 1 radical (unpaired) electrons. The van der Waals surface area contributed by atoms with E-state index in [0.29, 0.717) is 6.04 Å². The van der Waals surface area contributed by atoms with Gasteiger partial charge in [0.15, 0.2) is 0 Å². The molecule has 0 N–H and O–H groups in total. The van der Waals surface area contributed by atoms with Crippen molar-refractivity contribution >= 4 is 11.3 Å². The van der Waals surface area contributed by atoms with Gasteiger partial charge in [-0.2, -0.15) is 11.3 Å². The number of hydrogen-bond acceptors (Lipinski definition) is 2. The molecule has 0 aliphatic rings. The van der Waals surface area contributed by atoms with Crippen molar-refractivity contribution in [1.82, 2.24) is 4.90 Å². The van der Waals surface area contributed by atoms with E-state index in [-0.39, 0.29) is 0 Å². The second-order valence-electron chi connectivity index (χ2n) is 2.54. The number of nitrogens with zero attached hydrogens (tertiary/aromatic N) is 1. The average Bonchev–Trinajstić information content (AvgIpc) is 2.36. The summed E-state index contributed by atoms with van der Waals surface area (Å²) < 4.78 is 0. The van der Waals surface area contributed by atoms with Crippen molar-refractivity contribution in [3.8, 4) is 0 Å². The Kier molecular flexibility index (Phi) is 2.46. The lowest BCUT2D eigenvalue weighted by Crippen LogP contribution is -2.16. The van der Waals surface area contributed by atoms with Gasteiger partial charge in [-0.1, -0.05) is 0 Å². The standard InChI is InChI=1S/C8H12NS/c1-7(9(2)3)8-4-5-10-6-8/h4-7H,1H2,2-3H3. The van der Waals surface area contributed by atoms with Crippen LogP contribution < -0.4 is 0 Å². The van der Waals surface area contributed by atoms with E-state index in [4.69, 9.17) is 0 Å². The summed E-state index contributed by atoms with van der Waals surface area (Å²) in [5.41, 5.74) is 1.30. The second kappa shape index (κ2) is 3.17. The molecule has 0 spiro atoms. The van der Waals surface area contributed by atoms with Gasteiger partial charge in [0.2, 0.25) is 0 Å². The first-order valence-corrected chi connectivity index (χ1v) is 4.17. The molecular weight excluding hydrogens is 142 g/mol. The maximum atomic E-state index is 4.01. The highest BCUT2D eigenvalue weighted by Crippen LogP contribution is 2.18. The third-order valence-electron chi connectivity index (χ3n) is 1.55. The Hall–Kier alpha value is -0.340. The molecule has 10 heavy (non-hydrogen) atoms. The molecule has 1 nitrogen and oxygen atoms in total. The Morgan fingerprint density at radius 2 is 2.30 bits per heavy atom. The Bertz CT molecular complexity index is 179. The summed E-state index contributed by atoms with van der Waals surface area (Å²) in [4.78, 5) is 2.10. The van der Waals surface area contributed by atoms with Crippen molar-refractivity contribution in [2.24, 2.45) is 0 Å². The molecule has 0 aliphatic carbocycles. The molecule has 55 valence electrons. The summed E-state index contributed by atoms with van der Waals surface area (Å²) in [6, 6.07) is 2.41. The van der Waals surface area contributed by atoms with E-state index >= 15 is 0 Å². The molecule has 0 fully saturated rings. The van der Waals surface area contributed by atoms with Crippen LogP contribution in [-0.2, 0) is 0 Å². The van der Waals surface area contributed by atoms with Crippen molar-refractivity contribution in [2.75, 3.05) is 14.1 Å². The zero-order chi connectivity index (χ0) is 7.56. The van der Waals surface area contributed by atoms with Crippen LogP contribution in [0.2, 0.25) is 0 Å². The van der Waals surface area contributed by atoms with Gasteiger partial charge in [0.1, 0.15) is 0 Å². The summed E-state index contributed by atoms with van der Waals surface area (Å²) in [6.45, 7) is 4.01. The molecule has 2 heteroatoms. The average molecular weight is 154 g/mol. The summed E-state index contributed by atoms with van der Waals surface area (Å²) in [7, 11) is 4.07. The Morgan fingerprint density at radius 1 is 1.60 bits per heavy atom. The summed E-state index contributed by atoms with van der Waals surface area (Å²) in [5.74, 6) is 0. The minimum atomic E-state index is 0.297. The first-order valence-electron chi connectivity index (χ1n) is 3.23. The molecule has 1 aromatic heterocycles. The molecule has 0 aliphatic heterocycles. The maximum absolute atomic E-state index is 4.01. The number of thiophene rings is 1. The van der Waals surface area contributed by atoms with Gasteiger partial charge < -0.3 is 4.90 Å². The van der Waals surface area contributed by atoms with Crippen LogP contribution >= 0.6 is 11.3 Å². The summed E-state index contributed by atoms with van der Waals surface area (Å²) in [5, 5.41) is 4.22. The minimum Gasteiger partial charge on any atom is -0.302 e. The molecule has 1 aromatic rings. The van der Waals surface area contributed by atoms with Gasteiger partial charge >= 0.3 is 0 Å². The second-order valence-corrected chi connectivity index (χ2v) is 3.32. The third-order valence-corrected chi connectivity index (χ3v) is 2.25. The van der Waals surface area contributed by atoms with E-state index in [0.717, 1.165) is 0 Å². The van der Waals surface area contributed by atoms with Crippen LogP contribution in [0.5, 0.6) is 0 Å². The Balaban J connectivity index is 2.68. The largest absolute Gasteiger partial charge is 0.302 e. The number of hydrogen-bond donors (Lipinski definition) is 0. The summed E-state index contributed by atoms with van der Waals surface area (Å²) >= 11 is 1.72. The van der Waals surface area contributed by atoms with E-state index in [1.54, 1.807) is 11.3 Å². The van der Waals surface area contributed by atoms with Crippen molar-refractivity contribution in [3.05, 3.63) is 29.3 Å². The quantitative estimate of drug-likeness (QED) is 0.631. The van der Waals surface area contributed by atoms with Gasteiger partial charge in [0, 0.05) is 6.04 Å². The molecule has 0 aromatic carbocycles. The van der Waals surface area contributed by atoms with E-state index in [2.05, 4.69) is 28.7 Å². The lowest BCUT2D eigenvalue weighted by molar-refractivity contribution is 0.349. The van der Waals surface area contributed by atoms with Crippen LogP contribution in [0, 0.1) is 6.92 Å². The van der Waals surface area contributed by atoms with Crippen molar-refractivity contribution in [3.63, 3.8) is 0 Å². The maximum Gasteiger partial charge on any atom is 0.0350 e. The zero-order valence-corrected chi connectivity index (χ0v) is 7.19. The fourth-order valence-corrected chi connectivity index (χ4v) is 1.47. The molecule has 1 heterocycles. The van der Waals surface area contributed by atoms with Crippen LogP contribution in [0.25, 0.3) is 0 Å². The fraction of sp³-hybridized carbons (Fsp3) is 0.375. The van der Waals surface area contributed by atoms with Crippen LogP contribution in [-0.4, -0.2) is 19.0 Å². The highest BCUT2D eigenvalue weighted by molar-refractivity contribution is 7.07. The van der Waals surface area contributed by atoms with E-state index < -0.39 is 0 Å². The predicted molar refractivity (Wildman–Crippen MR) is 46.1 cm³/mol. The fourth-order valence-electron chi connectivity index (χ4n) is 0.763. The predicted octanol–water partition coefficient (Wildman–Crippen LogP) is 2.18. The van der Waals surface area contributed by atoms with Gasteiger partial charge in [-0.05, 0) is 43.4 Å². The van der Waals surface area contributed by atoms with Crippen molar-refractivity contribution in [1.29, 1.82) is 0 Å². The van der Waals surface area contributed by atoms with Crippen molar-refractivity contribution in [2.45, 2.75) is 6.04 Å². The van der Waals surface area contributed by atoms with E-state index in [1.807, 2.05) is 14.1 Å². The normalized spacial score (nSPS) is 14.0. The lowest BCUT2D eigenvalue weighted by atomic mass is 10.2. The van der Waals surface area contributed by atoms with Crippen molar-refractivity contribution < 1.29 is 0 Å². The molecule has 0 saturated heterocycles. The molecule has 1 atom stereocenters. The van der Waals surface area contributed by atoms with Gasteiger partial charge in [-0.15, -0.1) is 0 Å². The molecule has 0 saturated carbocycles. The molecule has 1 rings (SSSR count). The van der Waals surface area contributed by atoms with Gasteiger partial charge in [0.25, 0.3) is 0 Å². The topological polar surface area (TPSA) is 3.24 Å². The highest BCUT2D eigenvalue weighted by atomic mass is 32.1. The minimum absolute atomic E-state index is 0.297. The summed E-state index contributed by atoms with van der Waals surface area (Å²) in [6.07, 6.45) is 0. The van der Waals surface area contributed by atoms with Crippen LogP contribution in [0.15, 0.2) is 16.8 Å². The van der Waals surface area contributed by atoms with Crippen LogP contribution in [0.3, 0.4) is 0 Å². The zero-order valence-electron chi connectivity index (χ0n) is 6.37. The SMILES string of the molecule is [CH2]C(c1ccsc1)N(C)C. The van der Waals surface area contributed by atoms with Crippen LogP contribution in [0.1, 0.15) is 11.6 Å². The first-order chi connectivity index (χ1) is 4.72. The molecule has 1 unspecified atom stereocenters. The third kappa shape index (κ3) is 1.58. The lowest BCUT2D eigenvalue weighted by Gasteiger charge is -2.17. The highest BCUT2D eigenvalue weighted by Gasteiger charge is 2.06. The van der Waals surface area contributed by atoms with E-state index in [9.17, 15) is 0 Å². The smallest absolute Gasteiger partial charge is 0.0350 e. The molecular formula is C8H12NS. The van der Waals surface area contributed by atoms with Gasteiger partial charge in [-0.3, -0.25) is 0 Å². The first kappa shape index (κ1) is 7.76. The van der Waals surface area contributed by atoms with Gasteiger partial charge in [-0.25, -0.2) is 0 Å². The molecule has 0 bridgehead atoms. The monoisotopic (exact) mass is 154 g/mol. The van der Waals surface area contributed by atoms with Gasteiger partial charge in [0.05, 0.1) is 0 Å². The Labute approximate surface area is 66.3 Å². The number of rotatable bonds is 2. The Morgan fingerprint density at radius 3 is 2.70 bits per heavy atom. The van der Waals surface area contributed by atoms with Crippen LogP contribution in [0.4, 0.5) is 0 Å². The molecule has 0 amide bonds.